The van der Waals surface area contributed by atoms with Crippen LogP contribution in [0.3, 0.4) is 0 Å². The monoisotopic (exact) mass is 456 g/mol. The second-order valence-electron chi connectivity index (χ2n) is 6.08. The summed E-state index contributed by atoms with van der Waals surface area (Å²) in [7, 11) is -3.74. The van der Waals surface area contributed by atoms with Crippen molar-refractivity contribution in [2.24, 2.45) is 0 Å². The molecule has 6 nitrogen and oxygen atoms in total. The first-order chi connectivity index (χ1) is 12.8. The van der Waals surface area contributed by atoms with Crippen LogP contribution in [0.1, 0.15) is 15.9 Å². The molecule has 1 aliphatic heterocycles. The number of amides is 1. The molecular weight excluding hydrogens is 439 g/mol. The number of hydrogen-bond donors (Lipinski definition) is 1. The zero-order valence-corrected chi connectivity index (χ0v) is 16.9. The maximum Gasteiger partial charge on any atom is 0.255 e. The van der Waals surface area contributed by atoms with Crippen LogP contribution in [0.25, 0.3) is 0 Å². The third-order valence-corrected chi connectivity index (χ3v) is 6.75. The Kier molecular flexibility index (Phi) is 5.95. The first-order valence-corrected chi connectivity index (χ1v) is 10.5. The Balaban J connectivity index is 1.89. The Bertz CT molecular complexity index is 975. The lowest BCUT2D eigenvalue weighted by Crippen LogP contribution is -2.40. The van der Waals surface area contributed by atoms with Gasteiger partial charge in [-0.3, -0.25) is 4.79 Å². The summed E-state index contributed by atoms with van der Waals surface area (Å²) in [6, 6.07) is 8.67. The smallest absolute Gasteiger partial charge is 0.255 e. The summed E-state index contributed by atoms with van der Waals surface area (Å²) in [5.41, 5.74) is 0.684. The summed E-state index contributed by atoms with van der Waals surface area (Å²) < 4.78 is 46.8. The Morgan fingerprint density at radius 3 is 2.56 bits per heavy atom. The summed E-state index contributed by atoms with van der Waals surface area (Å²) in [6.45, 7) is 2.87. The number of benzene rings is 2. The second-order valence-corrected chi connectivity index (χ2v) is 8.90. The third kappa shape index (κ3) is 4.37. The van der Waals surface area contributed by atoms with Gasteiger partial charge in [0, 0.05) is 23.1 Å². The molecule has 0 atom stereocenters. The Morgan fingerprint density at radius 1 is 1.19 bits per heavy atom. The van der Waals surface area contributed by atoms with Crippen LogP contribution in [0, 0.1) is 12.7 Å². The van der Waals surface area contributed by atoms with Crippen LogP contribution in [0.15, 0.2) is 45.8 Å². The number of anilines is 1. The highest BCUT2D eigenvalue weighted by Gasteiger charge is 2.28. The Hall–Kier alpha value is -1.81. The van der Waals surface area contributed by atoms with Crippen LogP contribution in [0.5, 0.6) is 0 Å². The van der Waals surface area contributed by atoms with Crippen LogP contribution >= 0.6 is 15.9 Å². The number of nitrogens with one attached hydrogen (secondary N) is 1. The molecule has 0 aliphatic carbocycles. The van der Waals surface area contributed by atoms with Crippen molar-refractivity contribution in [3.63, 3.8) is 0 Å². The number of nitrogens with zero attached hydrogens (tertiary/aromatic N) is 1. The van der Waals surface area contributed by atoms with E-state index in [1.54, 1.807) is 19.1 Å². The van der Waals surface area contributed by atoms with Crippen molar-refractivity contribution >= 4 is 37.5 Å². The van der Waals surface area contributed by atoms with Gasteiger partial charge >= 0.3 is 0 Å². The normalized spacial score (nSPS) is 15.5. The van der Waals surface area contributed by atoms with Crippen molar-refractivity contribution in [1.82, 2.24) is 4.31 Å². The van der Waals surface area contributed by atoms with Gasteiger partial charge in [-0.2, -0.15) is 4.31 Å². The Morgan fingerprint density at radius 2 is 1.89 bits per heavy atom. The molecule has 2 aromatic rings. The molecule has 0 radical (unpaired) electrons. The van der Waals surface area contributed by atoms with Gasteiger partial charge in [-0.25, -0.2) is 12.8 Å². The van der Waals surface area contributed by atoms with E-state index in [-0.39, 0.29) is 29.2 Å². The minimum atomic E-state index is -3.74. The largest absolute Gasteiger partial charge is 0.379 e. The number of sulfonamides is 1. The fourth-order valence-electron chi connectivity index (χ4n) is 2.73. The molecule has 1 saturated heterocycles. The first-order valence-electron chi connectivity index (χ1n) is 8.24. The Labute approximate surface area is 165 Å². The molecule has 1 heterocycles. The van der Waals surface area contributed by atoms with Crippen molar-refractivity contribution in [2.45, 2.75) is 11.8 Å². The maximum atomic E-state index is 13.9. The zero-order valence-electron chi connectivity index (χ0n) is 14.5. The lowest BCUT2D eigenvalue weighted by Gasteiger charge is -2.26. The zero-order chi connectivity index (χ0) is 19.6. The van der Waals surface area contributed by atoms with Crippen LogP contribution in [-0.4, -0.2) is 44.9 Å². The van der Waals surface area contributed by atoms with Gasteiger partial charge in [-0.05, 0) is 42.8 Å². The molecule has 3 rings (SSSR count). The number of hydrogen-bond acceptors (Lipinski definition) is 4. The van der Waals surface area contributed by atoms with Crippen molar-refractivity contribution in [1.29, 1.82) is 0 Å². The molecule has 27 heavy (non-hydrogen) atoms. The summed E-state index contributed by atoms with van der Waals surface area (Å²) >= 11 is 3.15. The van der Waals surface area contributed by atoms with Gasteiger partial charge in [0.05, 0.1) is 23.8 Å². The first kappa shape index (κ1) is 19.9. The van der Waals surface area contributed by atoms with Crippen LogP contribution in [0.4, 0.5) is 10.1 Å². The van der Waals surface area contributed by atoms with Gasteiger partial charge in [0.15, 0.2) is 0 Å². The minimum Gasteiger partial charge on any atom is -0.379 e. The van der Waals surface area contributed by atoms with Crippen molar-refractivity contribution in [2.75, 3.05) is 31.6 Å². The van der Waals surface area contributed by atoms with Crippen LogP contribution < -0.4 is 5.32 Å². The molecular formula is C18H18BrFN2O4S. The predicted octanol–water partition coefficient (Wildman–Crippen LogP) is 3.17. The van der Waals surface area contributed by atoms with Gasteiger partial charge in [0.2, 0.25) is 10.0 Å². The van der Waals surface area contributed by atoms with Crippen LogP contribution in [-0.2, 0) is 14.8 Å². The maximum absolute atomic E-state index is 13.9. The fourth-order valence-corrected chi connectivity index (χ4v) is 4.72. The standard InChI is InChI=1S/C18H18BrFN2O4S/c1-12-2-3-13(18(23)21-16-5-4-14(19)11-15(16)20)10-17(12)27(24,25)22-6-8-26-9-7-22/h2-5,10-11H,6-9H2,1H3,(H,21,23). The molecule has 1 aliphatic rings. The average molecular weight is 457 g/mol. The topological polar surface area (TPSA) is 75.7 Å². The summed E-state index contributed by atoms with van der Waals surface area (Å²) in [6.07, 6.45) is 0. The van der Waals surface area contributed by atoms with Crippen LogP contribution in [0.2, 0.25) is 0 Å². The quantitative estimate of drug-likeness (QED) is 0.766. The van der Waals surface area contributed by atoms with Gasteiger partial charge in [-0.15, -0.1) is 0 Å². The number of carbonyl (C=O) groups is 1. The van der Waals surface area contributed by atoms with E-state index < -0.39 is 21.7 Å². The van der Waals surface area contributed by atoms with Crippen molar-refractivity contribution < 1.29 is 22.3 Å². The molecule has 0 spiro atoms. The molecule has 1 N–H and O–H groups in total. The highest BCUT2D eigenvalue weighted by atomic mass is 79.9. The minimum absolute atomic E-state index is 0.0151. The highest BCUT2D eigenvalue weighted by molar-refractivity contribution is 9.10. The number of rotatable bonds is 4. The van der Waals surface area contributed by atoms with E-state index in [0.717, 1.165) is 0 Å². The van der Waals surface area contributed by atoms with E-state index in [1.165, 1.54) is 28.6 Å². The summed E-state index contributed by atoms with van der Waals surface area (Å²) in [5, 5.41) is 2.47. The number of aryl methyl sites for hydroxylation is 1. The van der Waals surface area contributed by atoms with E-state index in [2.05, 4.69) is 21.2 Å². The number of halogens is 2. The van der Waals surface area contributed by atoms with Gasteiger partial charge in [-0.1, -0.05) is 22.0 Å². The average Bonchev–Trinajstić information content (AvgIpc) is 2.65. The van der Waals surface area contributed by atoms with E-state index in [4.69, 9.17) is 4.74 Å². The fraction of sp³-hybridized carbons (Fsp3) is 0.278. The third-order valence-electron chi connectivity index (χ3n) is 4.22. The molecule has 0 aromatic heterocycles. The molecule has 1 fully saturated rings. The lowest BCUT2D eigenvalue weighted by molar-refractivity contribution is 0.0730. The molecule has 144 valence electrons. The van der Waals surface area contributed by atoms with Gasteiger partial charge < -0.3 is 10.1 Å². The van der Waals surface area contributed by atoms with E-state index >= 15 is 0 Å². The predicted molar refractivity (Wildman–Crippen MR) is 103 cm³/mol. The molecule has 0 unspecified atom stereocenters. The number of morpholine rings is 1. The van der Waals surface area contributed by atoms with Crippen molar-refractivity contribution in [3.05, 3.63) is 57.8 Å². The SMILES string of the molecule is Cc1ccc(C(=O)Nc2ccc(Br)cc2F)cc1S(=O)(=O)N1CCOCC1. The second kappa shape index (κ2) is 8.05. The highest BCUT2D eigenvalue weighted by Crippen LogP contribution is 2.24. The number of ether oxygens (including phenoxy) is 1. The van der Waals surface area contributed by atoms with Gasteiger partial charge in [0.25, 0.3) is 5.91 Å². The van der Waals surface area contributed by atoms with Crippen molar-refractivity contribution in [3.8, 4) is 0 Å². The summed E-state index contributed by atoms with van der Waals surface area (Å²) in [4.78, 5) is 12.6. The van der Waals surface area contributed by atoms with E-state index in [9.17, 15) is 17.6 Å². The molecule has 1 amide bonds. The van der Waals surface area contributed by atoms with E-state index in [0.29, 0.717) is 23.2 Å². The number of carbonyl (C=O) groups excluding carboxylic acids is 1. The van der Waals surface area contributed by atoms with Gasteiger partial charge in [0.1, 0.15) is 5.82 Å². The molecule has 0 saturated carbocycles. The summed E-state index contributed by atoms with van der Waals surface area (Å²) in [5.74, 6) is -1.18. The molecule has 9 heteroatoms. The molecule has 2 aromatic carbocycles. The lowest BCUT2D eigenvalue weighted by atomic mass is 10.1. The van der Waals surface area contributed by atoms with E-state index in [1.807, 2.05) is 0 Å². The molecule has 0 bridgehead atoms.